The van der Waals surface area contributed by atoms with Crippen molar-refractivity contribution in [2.45, 2.75) is 64.8 Å². The van der Waals surface area contributed by atoms with Crippen LogP contribution in [-0.4, -0.2) is 83.8 Å². The second-order valence-electron chi connectivity index (χ2n) is 11.8. The Bertz CT molecular complexity index is 1110. The van der Waals surface area contributed by atoms with Crippen molar-refractivity contribution in [2.75, 3.05) is 51.2 Å². The third-order valence-electron chi connectivity index (χ3n) is 7.82. The fraction of sp³-hybridized carbons (Fsp3) is 0.581. The van der Waals surface area contributed by atoms with Crippen LogP contribution in [0.5, 0.6) is 5.75 Å². The predicted octanol–water partition coefficient (Wildman–Crippen LogP) is 4.43. The van der Waals surface area contributed by atoms with Gasteiger partial charge in [0.25, 0.3) is 0 Å². The van der Waals surface area contributed by atoms with Gasteiger partial charge in [0.15, 0.2) is 0 Å². The average molecular weight is 552 g/mol. The van der Waals surface area contributed by atoms with Gasteiger partial charge >= 0.3 is 12.0 Å². The SMILES string of the molecule is CC1(C)CCN(C(=O)N[C@@H](CCN(CCCCc2ccc3c(n2)NCCC3)CCOc2ccccc2)C(=O)O)C1. The van der Waals surface area contributed by atoms with Crippen LogP contribution in [0.4, 0.5) is 10.6 Å². The molecule has 9 heteroatoms. The summed E-state index contributed by atoms with van der Waals surface area (Å²) in [7, 11) is 0. The van der Waals surface area contributed by atoms with E-state index in [-0.39, 0.29) is 11.4 Å². The Morgan fingerprint density at radius 2 is 1.98 bits per heavy atom. The molecule has 1 aromatic heterocycles. The first-order valence-corrected chi connectivity index (χ1v) is 14.7. The number of carboxylic acid groups (broad SMARTS) is 1. The van der Waals surface area contributed by atoms with Crippen molar-refractivity contribution in [3.05, 3.63) is 53.7 Å². The minimum atomic E-state index is -1.00. The summed E-state index contributed by atoms with van der Waals surface area (Å²) in [6.45, 7) is 9.10. The zero-order chi connectivity index (χ0) is 28.4. The van der Waals surface area contributed by atoms with E-state index in [0.717, 1.165) is 68.9 Å². The molecule has 0 unspecified atom stereocenters. The van der Waals surface area contributed by atoms with E-state index in [1.54, 1.807) is 4.90 Å². The first kappa shape index (κ1) is 29.6. The molecule has 2 amide bonds. The lowest BCUT2D eigenvalue weighted by Gasteiger charge is -2.26. The number of carbonyl (C=O) groups excluding carboxylic acids is 1. The summed E-state index contributed by atoms with van der Waals surface area (Å²) in [6, 6.07) is 12.8. The monoisotopic (exact) mass is 551 g/mol. The second kappa shape index (κ2) is 14.3. The number of nitrogens with one attached hydrogen (secondary N) is 2. The number of aliphatic carboxylic acids is 1. The molecule has 2 aromatic rings. The van der Waals surface area contributed by atoms with Gasteiger partial charge in [-0.05, 0) is 80.7 Å². The van der Waals surface area contributed by atoms with Crippen LogP contribution in [0.1, 0.15) is 57.2 Å². The third-order valence-corrected chi connectivity index (χ3v) is 7.82. The van der Waals surface area contributed by atoms with E-state index in [0.29, 0.717) is 39.2 Å². The number of aryl methyl sites for hydroxylation is 2. The lowest BCUT2D eigenvalue weighted by molar-refractivity contribution is -0.139. The average Bonchev–Trinajstić information content (AvgIpc) is 3.32. The van der Waals surface area contributed by atoms with Crippen molar-refractivity contribution in [1.82, 2.24) is 20.1 Å². The molecule has 2 aliphatic rings. The number of carboxylic acids is 1. The molecule has 0 bridgehead atoms. The van der Waals surface area contributed by atoms with Crippen LogP contribution in [0.2, 0.25) is 0 Å². The minimum absolute atomic E-state index is 0.0662. The number of rotatable bonds is 14. The zero-order valence-corrected chi connectivity index (χ0v) is 24.0. The highest BCUT2D eigenvalue weighted by molar-refractivity contribution is 5.82. The highest BCUT2D eigenvalue weighted by Crippen LogP contribution is 2.28. The number of aromatic nitrogens is 1. The van der Waals surface area contributed by atoms with Gasteiger partial charge in [-0.15, -0.1) is 0 Å². The van der Waals surface area contributed by atoms with E-state index in [1.165, 1.54) is 5.56 Å². The molecule has 1 aromatic carbocycles. The smallest absolute Gasteiger partial charge is 0.326 e. The maximum Gasteiger partial charge on any atom is 0.326 e. The van der Waals surface area contributed by atoms with Crippen LogP contribution in [0.3, 0.4) is 0 Å². The number of hydrogen-bond donors (Lipinski definition) is 3. The van der Waals surface area contributed by atoms with Gasteiger partial charge in [0.05, 0.1) is 0 Å². The summed E-state index contributed by atoms with van der Waals surface area (Å²) in [5.74, 6) is 0.848. The molecule has 0 aliphatic carbocycles. The van der Waals surface area contributed by atoms with Gasteiger partial charge in [-0.1, -0.05) is 38.1 Å². The number of para-hydroxylation sites is 1. The molecule has 2 aliphatic heterocycles. The van der Waals surface area contributed by atoms with E-state index in [2.05, 4.69) is 41.5 Å². The van der Waals surface area contributed by atoms with E-state index in [4.69, 9.17) is 9.72 Å². The number of urea groups is 1. The molecule has 1 saturated heterocycles. The van der Waals surface area contributed by atoms with Gasteiger partial charge in [0.1, 0.15) is 24.2 Å². The van der Waals surface area contributed by atoms with Crippen LogP contribution in [0.15, 0.2) is 42.5 Å². The fourth-order valence-electron chi connectivity index (χ4n) is 5.39. The van der Waals surface area contributed by atoms with E-state index >= 15 is 0 Å². The summed E-state index contributed by atoms with van der Waals surface area (Å²) < 4.78 is 5.92. The van der Waals surface area contributed by atoms with Crippen molar-refractivity contribution in [3.63, 3.8) is 0 Å². The molecule has 3 N–H and O–H groups in total. The predicted molar refractivity (Wildman–Crippen MR) is 157 cm³/mol. The van der Waals surface area contributed by atoms with Crippen molar-refractivity contribution in [1.29, 1.82) is 0 Å². The van der Waals surface area contributed by atoms with Crippen molar-refractivity contribution in [3.8, 4) is 5.75 Å². The molecule has 0 spiro atoms. The number of carbonyl (C=O) groups is 2. The summed E-state index contributed by atoms with van der Waals surface area (Å²) in [4.78, 5) is 33.6. The normalized spacial score (nSPS) is 16.7. The molecule has 3 heterocycles. The largest absolute Gasteiger partial charge is 0.492 e. The van der Waals surface area contributed by atoms with Crippen molar-refractivity contribution >= 4 is 17.8 Å². The summed E-state index contributed by atoms with van der Waals surface area (Å²) in [5.41, 5.74) is 2.47. The van der Waals surface area contributed by atoms with E-state index in [9.17, 15) is 14.7 Å². The number of nitrogens with zero attached hydrogens (tertiary/aromatic N) is 3. The van der Waals surface area contributed by atoms with Crippen molar-refractivity contribution < 1.29 is 19.4 Å². The van der Waals surface area contributed by atoms with Crippen LogP contribution in [-0.2, 0) is 17.6 Å². The Hall–Kier alpha value is -3.33. The molecule has 9 nitrogen and oxygen atoms in total. The lowest BCUT2D eigenvalue weighted by Crippen LogP contribution is -2.48. The fourth-order valence-corrected chi connectivity index (χ4v) is 5.39. The van der Waals surface area contributed by atoms with E-state index in [1.807, 2.05) is 30.3 Å². The standard InChI is InChI=1S/C31H45N5O4/c1-31(2)16-20-36(23-31)30(39)34-27(29(37)38)15-19-35(21-22-40-26-11-4-3-5-12-26)18-7-6-10-25-14-13-24-9-8-17-32-28(24)33-25/h3-5,11-14,27H,6-10,15-23H2,1-2H3,(H,32,33)(H,34,39)(H,37,38)/t27-/m0/s1. The Morgan fingerprint density at radius 3 is 2.73 bits per heavy atom. The first-order valence-electron chi connectivity index (χ1n) is 14.7. The summed E-state index contributed by atoms with van der Waals surface area (Å²) in [6.07, 6.45) is 6.36. The number of likely N-dealkylation sites (tertiary alicyclic amines) is 1. The van der Waals surface area contributed by atoms with Crippen LogP contribution in [0.25, 0.3) is 0 Å². The number of ether oxygens (including phenoxy) is 1. The zero-order valence-electron chi connectivity index (χ0n) is 24.0. The van der Waals surface area contributed by atoms with Gasteiger partial charge in [-0.25, -0.2) is 14.6 Å². The Morgan fingerprint density at radius 1 is 1.15 bits per heavy atom. The third kappa shape index (κ3) is 9.11. The van der Waals surface area contributed by atoms with Crippen LogP contribution >= 0.6 is 0 Å². The van der Waals surface area contributed by atoms with Gasteiger partial charge < -0.3 is 25.4 Å². The number of unbranched alkanes of at least 4 members (excludes halogenated alkanes) is 1. The Labute approximate surface area is 238 Å². The van der Waals surface area contributed by atoms with Gasteiger partial charge in [0.2, 0.25) is 0 Å². The summed E-state index contributed by atoms with van der Waals surface area (Å²) >= 11 is 0. The van der Waals surface area contributed by atoms with Gasteiger partial charge in [-0.2, -0.15) is 0 Å². The number of amides is 2. The molecule has 218 valence electrons. The number of fused-ring (bicyclic) bond motifs is 1. The number of anilines is 1. The van der Waals surface area contributed by atoms with Crippen LogP contribution < -0.4 is 15.4 Å². The molecule has 40 heavy (non-hydrogen) atoms. The summed E-state index contributed by atoms with van der Waals surface area (Å²) in [5, 5.41) is 16.0. The molecule has 1 fully saturated rings. The quantitative estimate of drug-likeness (QED) is 0.298. The molecule has 1 atom stereocenters. The molecule has 4 rings (SSSR count). The van der Waals surface area contributed by atoms with Crippen molar-refractivity contribution in [2.24, 2.45) is 5.41 Å². The number of pyridine rings is 1. The maximum atomic E-state index is 12.8. The highest BCUT2D eigenvalue weighted by atomic mass is 16.5. The Kier molecular flexibility index (Phi) is 10.6. The van der Waals surface area contributed by atoms with Gasteiger partial charge in [0, 0.05) is 38.4 Å². The maximum absolute atomic E-state index is 12.8. The molecular weight excluding hydrogens is 506 g/mol. The lowest BCUT2D eigenvalue weighted by atomic mass is 9.93. The highest BCUT2D eigenvalue weighted by Gasteiger charge is 2.33. The molecule has 0 radical (unpaired) electrons. The van der Waals surface area contributed by atoms with Crippen LogP contribution in [0, 0.1) is 5.41 Å². The first-order chi connectivity index (χ1) is 19.3. The van der Waals surface area contributed by atoms with E-state index < -0.39 is 12.0 Å². The number of benzene rings is 1. The number of hydrogen-bond acceptors (Lipinski definition) is 6. The molecular formula is C31H45N5O4. The minimum Gasteiger partial charge on any atom is -0.492 e. The Balaban J connectivity index is 1.28. The second-order valence-corrected chi connectivity index (χ2v) is 11.8. The topological polar surface area (TPSA) is 107 Å². The van der Waals surface area contributed by atoms with Gasteiger partial charge in [-0.3, -0.25) is 4.90 Å². The molecule has 0 saturated carbocycles.